The zero-order chi connectivity index (χ0) is 22.6. The van der Waals surface area contributed by atoms with E-state index in [1.807, 2.05) is 0 Å². The molecule has 2 aromatic carbocycles. The minimum absolute atomic E-state index is 0.0266. The molecule has 162 valence electrons. The van der Waals surface area contributed by atoms with Gasteiger partial charge in [-0.3, -0.25) is 20.2 Å². The number of nitrogens with two attached hydrogens (primary N) is 1. The third kappa shape index (κ3) is 5.03. The van der Waals surface area contributed by atoms with Gasteiger partial charge in [-0.1, -0.05) is 12.1 Å². The molecule has 0 atom stereocenters. The van der Waals surface area contributed by atoms with Crippen molar-refractivity contribution in [2.75, 3.05) is 13.1 Å². The monoisotopic (exact) mass is 464 g/mol. The highest BCUT2D eigenvalue weighted by molar-refractivity contribution is 7.91. The van der Waals surface area contributed by atoms with Crippen molar-refractivity contribution in [2.45, 2.75) is 4.21 Å². The van der Waals surface area contributed by atoms with Crippen LogP contribution in [0.2, 0.25) is 0 Å². The largest absolute Gasteiger partial charge is 0.456 e. The van der Waals surface area contributed by atoms with Gasteiger partial charge >= 0.3 is 11.4 Å². The molecule has 1 heterocycles. The Labute approximate surface area is 180 Å². The van der Waals surface area contributed by atoms with E-state index in [1.165, 1.54) is 12.1 Å². The van der Waals surface area contributed by atoms with Crippen molar-refractivity contribution in [1.29, 1.82) is 0 Å². The average molecular weight is 464 g/mol. The van der Waals surface area contributed by atoms with E-state index < -0.39 is 31.2 Å². The fourth-order valence-electron chi connectivity index (χ4n) is 2.63. The summed E-state index contributed by atoms with van der Waals surface area (Å²) in [5.74, 6) is 0.324. The predicted molar refractivity (Wildman–Crippen MR) is 114 cm³/mol. The van der Waals surface area contributed by atoms with Crippen LogP contribution in [0.1, 0.15) is 0 Å². The average Bonchev–Trinajstić information content (AvgIpc) is 3.23. The van der Waals surface area contributed by atoms with Crippen molar-refractivity contribution in [1.82, 2.24) is 4.72 Å². The Morgan fingerprint density at radius 3 is 2.39 bits per heavy atom. The van der Waals surface area contributed by atoms with Crippen molar-refractivity contribution in [3.63, 3.8) is 0 Å². The number of para-hydroxylation sites is 1. The highest BCUT2D eigenvalue weighted by Crippen LogP contribution is 2.39. The van der Waals surface area contributed by atoms with Crippen LogP contribution < -0.4 is 15.2 Å². The van der Waals surface area contributed by atoms with Crippen molar-refractivity contribution >= 4 is 32.7 Å². The second-order valence-electron chi connectivity index (χ2n) is 6.07. The van der Waals surface area contributed by atoms with Gasteiger partial charge in [-0.15, -0.1) is 11.3 Å². The van der Waals surface area contributed by atoms with Crippen LogP contribution in [0, 0.1) is 20.2 Å². The number of hydrogen-bond acceptors (Lipinski definition) is 9. The highest BCUT2D eigenvalue weighted by Gasteiger charge is 2.25. The lowest BCUT2D eigenvalue weighted by Gasteiger charge is -2.10. The van der Waals surface area contributed by atoms with Crippen LogP contribution in [-0.2, 0) is 10.0 Å². The number of nitrogens with one attached hydrogen (secondary N) is 1. The number of hydrogen-bond donors (Lipinski definition) is 2. The summed E-state index contributed by atoms with van der Waals surface area (Å²) in [5.41, 5.74) is 4.54. The molecule has 0 unspecified atom stereocenters. The fraction of sp³-hybridized carbons (Fsp3) is 0.111. The van der Waals surface area contributed by atoms with Crippen LogP contribution in [0.25, 0.3) is 10.4 Å². The standard InChI is InChI=1S/C18H16N4O7S2/c19-9-10-20-31(27,28)18-8-7-17(30-18)13-3-1-2-4-16(13)29-12-5-6-14(21(23)24)15(11-12)22(25)26/h1-8,11,20H,9-10,19H2. The number of sulfonamides is 1. The Balaban J connectivity index is 1.95. The first-order chi connectivity index (χ1) is 14.7. The smallest absolute Gasteiger partial charge is 0.349 e. The molecule has 0 fully saturated rings. The molecule has 0 spiro atoms. The summed E-state index contributed by atoms with van der Waals surface area (Å²) in [7, 11) is -3.70. The maximum atomic E-state index is 12.3. The first kappa shape index (κ1) is 22.3. The normalized spacial score (nSPS) is 11.3. The molecule has 0 aliphatic carbocycles. The van der Waals surface area contributed by atoms with Gasteiger partial charge in [0.2, 0.25) is 10.0 Å². The summed E-state index contributed by atoms with van der Waals surface area (Å²) < 4.78 is 32.8. The lowest BCUT2D eigenvalue weighted by molar-refractivity contribution is -0.422. The summed E-state index contributed by atoms with van der Waals surface area (Å²) in [6.45, 7) is 0.268. The molecule has 11 nitrogen and oxygen atoms in total. The molecule has 0 aliphatic heterocycles. The molecule has 0 amide bonds. The van der Waals surface area contributed by atoms with Crippen molar-refractivity contribution < 1.29 is 23.0 Å². The highest BCUT2D eigenvalue weighted by atomic mass is 32.2. The van der Waals surface area contributed by atoms with Gasteiger partial charge in [-0.05, 0) is 30.3 Å². The summed E-state index contributed by atoms with van der Waals surface area (Å²) in [4.78, 5) is 21.0. The van der Waals surface area contributed by atoms with Crippen LogP contribution in [0.15, 0.2) is 58.8 Å². The second-order valence-corrected chi connectivity index (χ2v) is 9.15. The zero-order valence-electron chi connectivity index (χ0n) is 15.8. The third-order valence-electron chi connectivity index (χ3n) is 4.00. The molecule has 3 N–H and O–H groups in total. The van der Waals surface area contributed by atoms with Crippen LogP contribution >= 0.6 is 11.3 Å². The first-order valence-corrected chi connectivity index (χ1v) is 11.0. The van der Waals surface area contributed by atoms with Gasteiger partial charge in [-0.25, -0.2) is 13.1 Å². The number of nitro benzene ring substituents is 2. The minimum atomic E-state index is -3.70. The van der Waals surface area contributed by atoms with Gasteiger partial charge in [-0.2, -0.15) is 0 Å². The summed E-state index contributed by atoms with van der Waals surface area (Å²) in [5, 5.41) is 22.2. The van der Waals surface area contributed by atoms with Gasteiger partial charge < -0.3 is 10.5 Å². The number of thiophene rings is 1. The number of ether oxygens (including phenoxy) is 1. The summed E-state index contributed by atoms with van der Waals surface area (Å²) in [6, 6.07) is 13.0. The van der Waals surface area contributed by atoms with E-state index in [9.17, 15) is 28.6 Å². The Morgan fingerprint density at radius 1 is 1.00 bits per heavy atom. The molecule has 3 aromatic rings. The number of nitrogens with zero attached hydrogens (tertiary/aromatic N) is 2. The van der Waals surface area contributed by atoms with E-state index in [0.717, 1.165) is 23.5 Å². The van der Waals surface area contributed by atoms with Crippen LogP contribution in [0.3, 0.4) is 0 Å². The van der Waals surface area contributed by atoms with E-state index >= 15 is 0 Å². The van der Waals surface area contributed by atoms with E-state index in [2.05, 4.69) is 4.72 Å². The topological polar surface area (TPSA) is 168 Å². The molecule has 3 rings (SSSR count). The predicted octanol–water partition coefficient (Wildman–Crippen LogP) is 3.26. The van der Waals surface area contributed by atoms with Crippen LogP contribution in [0.5, 0.6) is 11.5 Å². The number of nitro groups is 2. The molecule has 0 saturated heterocycles. The lowest BCUT2D eigenvalue weighted by atomic mass is 10.1. The molecule has 13 heteroatoms. The fourth-order valence-corrected chi connectivity index (χ4v) is 5.06. The van der Waals surface area contributed by atoms with Crippen molar-refractivity contribution in [3.8, 4) is 21.9 Å². The molecule has 0 aliphatic rings. The molecule has 0 bridgehead atoms. The maximum absolute atomic E-state index is 12.3. The van der Waals surface area contributed by atoms with Gasteiger partial charge in [0.25, 0.3) is 0 Å². The molecule has 1 aromatic heterocycles. The van der Waals surface area contributed by atoms with Crippen LogP contribution in [0.4, 0.5) is 11.4 Å². The van der Waals surface area contributed by atoms with Crippen molar-refractivity contribution in [2.24, 2.45) is 5.73 Å². The SMILES string of the molecule is NCCNS(=O)(=O)c1ccc(-c2ccccc2Oc2ccc([N+](=O)[O-])c([N+](=O)[O-])c2)s1. The van der Waals surface area contributed by atoms with E-state index in [4.69, 9.17) is 10.5 Å². The molecular formula is C18H16N4O7S2. The number of rotatable bonds is 9. The Hall–Kier alpha value is -3.39. The van der Waals surface area contributed by atoms with Gasteiger partial charge in [0.05, 0.1) is 15.9 Å². The van der Waals surface area contributed by atoms with E-state index in [1.54, 1.807) is 30.3 Å². The maximum Gasteiger partial charge on any atom is 0.349 e. The summed E-state index contributed by atoms with van der Waals surface area (Å²) >= 11 is 1.01. The van der Waals surface area contributed by atoms with Crippen molar-refractivity contribution in [3.05, 3.63) is 74.8 Å². The Kier molecular flexibility index (Phi) is 6.60. The van der Waals surface area contributed by atoms with Gasteiger partial charge in [0.1, 0.15) is 15.7 Å². The van der Waals surface area contributed by atoms with Gasteiger partial charge in [0.15, 0.2) is 0 Å². The Bertz CT molecular complexity index is 1240. The number of benzene rings is 2. The van der Waals surface area contributed by atoms with Crippen LogP contribution in [-0.4, -0.2) is 31.4 Å². The summed E-state index contributed by atoms with van der Waals surface area (Å²) in [6.07, 6.45) is 0. The molecule has 0 radical (unpaired) electrons. The first-order valence-electron chi connectivity index (χ1n) is 8.72. The second kappa shape index (κ2) is 9.18. The lowest BCUT2D eigenvalue weighted by Crippen LogP contribution is -2.28. The minimum Gasteiger partial charge on any atom is -0.456 e. The molecular weight excluding hydrogens is 448 g/mol. The Morgan fingerprint density at radius 2 is 1.71 bits per heavy atom. The van der Waals surface area contributed by atoms with E-state index in [-0.39, 0.29) is 23.0 Å². The van der Waals surface area contributed by atoms with E-state index in [0.29, 0.717) is 16.2 Å². The zero-order valence-corrected chi connectivity index (χ0v) is 17.4. The van der Waals surface area contributed by atoms with Gasteiger partial charge in [0, 0.05) is 29.6 Å². The quantitative estimate of drug-likeness (QED) is 0.359. The molecule has 0 saturated carbocycles. The third-order valence-corrected chi connectivity index (χ3v) is 7.07. The molecule has 31 heavy (non-hydrogen) atoms.